The first-order valence-corrected chi connectivity index (χ1v) is 6.81. The van der Waals surface area contributed by atoms with Crippen LogP contribution in [0.15, 0.2) is 48.5 Å². The molecule has 1 unspecified atom stereocenters. The van der Waals surface area contributed by atoms with Crippen LogP contribution in [-0.2, 0) is 0 Å². The highest BCUT2D eigenvalue weighted by Crippen LogP contribution is 2.31. The lowest BCUT2D eigenvalue weighted by atomic mass is 10.3. The van der Waals surface area contributed by atoms with Crippen LogP contribution in [0, 0.1) is 0 Å². The lowest BCUT2D eigenvalue weighted by Gasteiger charge is -2.13. The Morgan fingerprint density at radius 1 is 0.842 bits per heavy atom. The maximum absolute atomic E-state index is 10.4. The summed E-state index contributed by atoms with van der Waals surface area (Å²) in [6, 6.07) is 15.0. The Morgan fingerprint density at radius 2 is 1.37 bits per heavy atom. The molecule has 0 saturated carbocycles. The second-order valence-corrected chi connectivity index (χ2v) is 5.37. The van der Waals surface area contributed by atoms with E-state index in [1.807, 2.05) is 42.5 Å². The predicted molar refractivity (Wildman–Crippen MR) is 84.3 cm³/mol. The highest BCUT2D eigenvalue weighted by molar-refractivity contribution is 7.67. The van der Waals surface area contributed by atoms with Gasteiger partial charge in [0.25, 0.3) is 0 Å². The topological polar surface area (TPSA) is 38.7 Å². The third kappa shape index (κ3) is 3.73. The fraction of sp³-hybridized carbons (Fsp3) is 0.143. The number of rotatable bonds is 4. The van der Waals surface area contributed by atoms with Crippen LogP contribution in [0.1, 0.15) is 0 Å². The van der Waals surface area contributed by atoms with Crippen LogP contribution in [-0.4, -0.2) is 27.5 Å². The SMILES string of the molecule is B.COc1cc(OC)cc(P(O)c2ccccc2)c1. The Labute approximate surface area is 116 Å². The minimum Gasteiger partial charge on any atom is -0.497 e. The van der Waals surface area contributed by atoms with Gasteiger partial charge in [-0.25, -0.2) is 0 Å². The third-order valence-corrected chi connectivity index (χ3v) is 4.12. The monoisotopic (exact) mass is 276 g/mol. The summed E-state index contributed by atoms with van der Waals surface area (Å²) in [5, 5.41) is 1.72. The molecule has 0 radical (unpaired) electrons. The molecule has 19 heavy (non-hydrogen) atoms. The summed E-state index contributed by atoms with van der Waals surface area (Å²) in [5.41, 5.74) is 0. The molecule has 2 aromatic rings. The quantitative estimate of drug-likeness (QED) is 0.665. The summed E-state index contributed by atoms with van der Waals surface area (Å²) in [6.45, 7) is 0. The van der Waals surface area contributed by atoms with Gasteiger partial charge in [0.2, 0.25) is 0 Å². The largest absolute Gasteiger partial charge is 0.497 e. The van der Waals surface area contributed by atoms with Gasteiger partial charge in [0.15, 0.2) is 0 Å². The van der Waals surface area contributed by atoms with Crippen LogP contribution >= 0.6 is 8.15 Å². The number of hydrogen-bond acceptors (Lipinski definition) is 3. The van der Waals surface area contributed by atoms with Crippen molar-refractivity contribution in [3.8, 4) is 11.5 Å². The molecular weight excluding hydrogens is 258 g/mol. The van der Waals surface area contributed by atoms with Gasteiger partial charge in [-0.05, 0) is 12.1 Å². The van der Waals surface area contributed by atoms with E-state index in [1.165, 1.54) is 0 Å². The zero-order valence-electron chi connectivity index (χ0n) is 10.3. The van der Waals surface area contributed by atoms with Crippen molar-refractivity contribution in [1.82, 2.24) is 0 Å². The summed E-state index contributed by atoms with van der Waals surface area (Å²) in [4.78, 5) is 10.4. The average molecular weight is 276 g/mol. The average Bonchev–Trinajstić information content (AvgIpc) is 2.46. The molecular formula is C14H18BO3P. The van der Waals surface area contributed by atoms with E-state index in [-0.39, 0.29) is 8.41 Å². The Balaban J connectivity index is 0.00000180. The van der Waals surface area contributed by atoms with Gasteiger partial charge in [-0.3, -0.25) is 0 Å². The van der Waals surface area contributed by atoms with Crippen LogP contribution in [0.2, 0.25) is 0 Å². The first-order chi connectivity index (χ1) is 8.74. The fourth-order valence-electron chi connectivity index (χ4n) is 1.63. The van der Waals surface area contributed by atoms with E-state index in [4.69, 9.17) is 9.47 Å². The van der Waals surface area contributed by atoms with E-state index in [2.05, 4.69) is 0 Å². The van der Waals surface area contributed by atoms with Gasteiger partial charge < -0.3 is 14.4 Å². The molecule has 0 aliphatic heterocycles. The van der Waals surface area contributed by atoms with Crippen molar-refractivity contribution in [2.45, 2.75) is 0 Å². The van der Waals surface area contributed by atoms with Crippen LogP contribution in [0.3, 0.4) is 0 Å². The number of methoxy groups -OCH3 is 2. The van der Waals surface area contributed by atoms with E-state index < -0.39 is 8.15 Å². The highest BCUT2D eigenvalue weighted by atomic mass is 31.1. The van der Waals surface area contributed by atoms with Gasteiger partial charge in [-0.1, -0.05) is 30.3 Å². The molecule has 1 N–H and O–H groups in total. The molecule has 0 spiro atoms. The van der Waals surface area contributed by atoms with Crippen LogP contribution in [0.5, 0.6) is 11.5 Å². The van der Waals surface area contributed by atoms with Crippen LogP contribution in [0.25, 0.3) is 0 Å². The van der Waals surface area contributed by atoms with E-state index in [1.54, 1.807) is 20.3 Å². The van der Waals surface area contributed by atoms with E-state index in [0.717, 1.165) is 10.6 Å². The molecule has 0 amide bonds. The zero-order chi connectivity index (χ0) is 13.0. The van der Waals surface area contributed by atoms with E-state index >= 15 is 0 Å². The van der Waals surface area contributed by atoms with Gasteiger partial charge in [-0.15, -0.1) is 0 Å². The summed E-state index contributed by atoms with van der Waals surface area (Å²) in [6.07, 6.45) is 0. The lowest BCUT2D eigenvalue weighted by molar-refractivity contribution is 0.395. The minimum absolute atomic E-state index is 0. The molecule has 0 bridgehead atoms. The Bertz CT molecular complexity index is 497. The Hall–Kier alpha value is -1.51. The maximum Gasteiger partial charge on any atom is 0.123 e. The number of benzene rings is 2. The second-order valence-electron chi connectivity index (χ2n) is 3.72. The minimum atomic E-state index is -1.37. The molecule has 3 nitrogen and oxygen atoms in total. The molecule has 0 heterocycles. The molecule has 0 fully saturated rings. The zero-order valence-corrected chi connectivity index (χ0v) is 11.2. The van der Waals surface area contributed by atoms with Crippen molar-refractivity contribution < 1.29 is 14.4 Å². The lowest BCUT2D eigenvalue weighted by Crippen LogP contribution is -2.11. The molecule has 100 valence electrons. The van der Waals surface area contributed by atoms with Gasteiger partial charge in [0, 0.05) is 16.7 Å². The van der Waals surface area contributed by atoms with Crippen molar-refractivity contribution in [2.75, 3.05) is 14.2 Å². The van der Waals surface area contributed by atoms with Crippen molar-refractivity contribution in [3.63, 3.8) is 0 Å². The molecule has 5 heteroatoms. The third-order valence-electron chi connectivity index (χ3n) is 2.58. The van der Waals surface area contributed by atoms with Crippen LogP contribution < -0.4 is 20.1 Å². The summed E-state index contributed by atoms with van der Waals surface area (Å²) < 4.78 is 10.4. The summed E-state index contributed by atoms with van der Waals surface area (Å²) in [5.74, 6) is 1.36. The Morgan fingerprint density at radius 3 is 1.84 bits per heavy atom. The molecule has 1 atom stereocenters. The van der Waals surface area contributed by atoms with Crippen molar-refractivity contribution in [2.24, 2.45) is 0 Å². The Kier molecular flexibility index (Phi) is 5.87. The van der Waals surface area contributed by atoms with E-state index in [0.29, 0.717) is 11.5 Å². The highest BCUT2D eigenvalue weighted by Gasteiger charge is 2.13. The van der Waals surface area contributed by atoms with Gasteiger partial charge in [0.1, 0.15) is 11.5 Å². The second kappa shape index (κ2) is 7.17. The van der Waals surface area contributed by atoms with Crippen LogP contribution in [0.4, 0.5) is 0 Å². The van der Waals surface area contributed by atoms with E-state index in [9.17, 15) is 4.89 Å². The van der Waals surface area contributed by atoms with Gasteiger partial charge in [0.05, 0.1) is 30.8 Å². The molecule has 2 rings (SSSR count). The molecule has 0 aliphatic carbocycles. The summed E-state index contributed by atoms with van der Waals surface area (Å²) >= 11 is 0. The molecule has 2 aromatic carbocycles. The standard InChI is InChI=1S/C14H15O3P.BH3/c1-16-11-8-12(17-2)10-14(9-11)18(15)13-6-4-3-5-7-13;/h3-10,15H,1-2H3;1H3. The first kappa shape index (κ1) is 15.6. The predicted octanol–water partition coefficient (Wildman–Crippen LogP) is 0.860. The molecule has 0 aliphatic rings. The fourth-order valence-corrected chi connectivity index (χ4v) is 2.88. The first-order valence-electron chi connectivity index (χ1n) is 5.51. The summed E-state index contributed by atoms with van der Waals surface area (Å²) in [7, 11) is 1.82. The molecule has 0 aromatic heterocycles. The van der Waals surface area contributed by atoms with Crippen molar-refractivity contribution in [1.29, 1.82) is 0 Å². The number of hydrogen-bond donors (Lipinski definition) is 1. The van der Waals surface area contributed by atoms with Gasteiger partial charge >= 0.3 is 0 Å². The van der Waals surface area contributed by atoms with Crippen molar-refractivity contribution in [3.05, 3.63) is 48.5 Å². The van der Waals surface area contributed by atoms with Crippen molar-refractivity contribution >= 4 is 27.2 Å². The number of ether oxygens (including phenoxy) is 2. The molecule has 0 saturated heterocycles. The van der Waals surface area contributed by atoms with Gasteiger partial charge in [-0.2, -0.15) is 0 Å². The normalized spacial score (nSPS) is 11.3. The smallest absolute Gasteiger partial charge is 0.123 e. The maximum atomic E-state index is 10.4.